The summed E-state index contributed by atoms with van der Waals surface area (Å²) in [6.45, 7) is 10.2. The lowest BCUT2D eigenvalue weighted by Gasteiger charge is -2.34. The maximum absolute atomic E-state index is 13.4. The average Bonchev–Trinajstić information content (AvgIpc) is 3.51. The summed E-state index contributed by atoms with van der Waals surface area (Å²) in [6.07, 6.45) is 8.12. The second-order valence-corrected chi connectivity index (χ2v) is 8.99. The molecule has 4 rings (SSSR count). The van der Waals surface area contributed by atoms with Gasteiger partial charge in [-0.1, -0.05) is 25.1 Å². The van der Waals surface area contributed by atoms with Crippen LogP contribution >= 0.6 is 0 Å². The van der Waals surface area contributed by atoms with E-state index in [-0.39, 0.29) is 18.2 Å². The molecule has 2 aromatic rings. The highest BCUT2D eigenvalue weighted by Gasteiger charge is 2.32. The van der Waals surface area contributed by atoms with Crippen molar-refractivity contribution in [1.29, 1.82) is 0 Å². The minimum absolute atomic E-state index is 0.0574. The second-order valence-electron chi connectivity index (χ2n) is 8.99. The van der Waals surface area contributed by atoms with E-state index in [1.54, 1.807) is 23.3 Å². The van der Waals surface area contributed by atoms with Crippen molar-refractivity contribution < 1.29 is 9.59 Å². The first-order valence-corrected chi connectivity index (χ1v) is 12.2. The van der Waals surface area contributed by atoms with Crippen LogP contribution in [-0.4, -0.2) is 83.5 Å². The lowest BCUT2D eigenvalue weighted by Crippen LogP contribution is -2.47. The third kappa shape index (κ3) is 6.00. The molecule has 1 saturated heterocycles. The van der Waals surface area contributed by atoms with Gasteiger partial charge in [-0.15, -0.1) is 0 Å². The van der Waals surface area contributed by atoms with E-state index < -0.39 is 6.04 Å². The number of imidazole rings is 1. The lowest BCUT2D eigenvalue weighted by atomic mass is 10.1. The summed E-state index contributed by atoms with van der Waals surface area (Å²) in [5.41, 5.74) is 2.13. The molecule has 2 amide bonds. The maximum atomic E-state index is 13.4. The molecule has 1 aromatic carbocycles. The van der Waals surface area contributed by atoms with Crippen LogP contribution in [0.4, 0.5) is 5.69 Å². The van der Waals surface area contributed by atoms with E-state index in [2.05, 4.69) is 33.1 Å². The lowest BCUT2D eigenvalue weighted by molar-refractivity contribution is -0.128. The van der Waals surface area contributed by atoms with Gasteiger partial charge in [0.05, 0.1) is 12.7 Å². The number of amides is 2. The van der Waals surface area contributed by atoms with Crippen molar-refractivity contribution in [2.45, 2.75) is 38.6 Å². The van der Waals surface area contributed by atoms with Crippen LogP contribution in [0, 0.1) is 0 Å². The molecule has 8 heteroatoms. The molecule has 3 heterocycles. The van der Waals surface area contributed by atoms with Crippen LogP contribution in [0.5, 0.6) is 0 Å². The van der Waals surface area contributed by atoms with E-state index >= 15 is 0 Å². The van der Waals surface area contributed by atoms with Crippen LogP contribution in [0.15, 0.2) is 43.0 Å². The van der Waals surface area contributed by atoms with Gasteiger partial charge in [-0.2, -0.15) is 0 Å². The molecule has 0 radical (unpaired) electrons. The fourth-order valence-corrected chi connectivity index (χ4v) is 4.85. The highest BCUT2D eigenvalue weighted by molar-refractivity contribution is 6.00. The molecule has 1 aromatic heterocycles. The summed E-state index contributed by atoms with van der Waals surface area (Å²) in [5.74, 6) is -0.152. The van der Waals surface area contributed by atoms with Crippen LogP contribution < -0.4 is 10.2 Å². The molecular weight excluding hydrogens is 416 g/mol. The molecule has 0 saturated carbocycles. The van der Waals surface area contributed by atoms with Gasteiger partial charge in [-0.05, 0) is 44.0 Å². The van der Waals surface area contributed by atoms with E-state index in [0.29, 0.717) is 13.1 Å². The molecule has 33 heavy (non-hydrogen) atoms. The summed E-state index contributed by atoms with van der Waals surface area (Å²) in [5, 5.41) is 3.03. The van der Waals surface area contributed by atoms with E-state index in [1.165, 1.54) is 18.5 Å². The Kier molecular flexibility index (Phi) is 8.12. The Labute approximate surface area is 196 Å². The molecule has 1 atom stereocenters. The number of rotatable bonds is 10. The molecule has 178 valence electrons. The molecule has 1 N–H and O–H groups in total. The Morgan fingerprint density at radius 2 is 1.82 bits per heavy atom. The van der Waals surface area contributed by atoms with Crippen LogP contribution in [0.1, 0.15) is 37.8 Å². The minimum atomic E-state index is -0.592. The number of piperazine rings is 1. The van der Waals surface area contributed by atoms with Crippen molar-refractivity contribution in [2.24, 2.45) is 0 Å². The van der Waals surface area contributed by atoms with Crippen LogP contribution in [0.3, 0.4) is 0 Å². The molecule has 0 bridgehead atoms. The average molecular weight is 453 g/mol. The van der Waals surface area contributed by atoms with Crippen molar-refractivity contribution in [3.8, 4) is 0 Å². The number of aromatic nitrogens is 2. The number of para-hydroxylation sites is 1. The number of anilines is 1. The first-order chi connectivity index (χ1) is 16.2. The zero-order chi connectivity index (χ0) is 23.0. The first kappa shape index (κ1) is 23.4. The third-order valence-electron chi connectivity index (χ3n) is 6.68. The number of carbonyl (C=O) groups is 2. The fraction of sp³-hybridized carbons (Fsp3) is 0.560. The molecule has 2 aliphatic rings. The quantitative estimate of drug-likeness (QED) is 0.558. The summed E-state index contributed by atoms with van der Waals surface area (Å²) < 4.78 is 1.75. The topological polar surface area (TPSA) is 73.7 Å². The van der Waals surface area contributed by atoms with Crippen LogP contribution in [-0.2, 0) is 16.0 Å². The van der Waals surface area contributed by atoms with Crippen molar-refractivity contribution in [2.75, 3.05) is 57.3 Å². The smallest absolute Gasteiger partial charge is 0.250 e. The number of carbonyl (C=O) groups excluding carboxylic acids is 2. The van der Waals surface area contributed by atoms with Crippen molar-refractivity contribution in [1.82, 2.24) is 24.7 Å². The van der Waals surface area contributed by atoms with Gasteiger partial charge in [-0.3, -0.25) is 9.59 Å². The summed E-state index contributed by atoms with van der Waals surface area (Å²) >= 11 is 0. The molecule has 0 aliphatic carbocycles. The SMILES string of the molecule is CCCN1CCN(CCCNC(=O)C[C@H](C(=O)N2CCc3ccccc32)n2ccnc2)CC1. The van der Waals surface area contributed by atoms with Crippen molar-refractivity contribution in [3.05, 3.63) is 48.5 Å². The van der Waals surface area contributed by atoms with Gasteiger partial charge < -0.3 is 24.6 Å². The van der Waals surface area contributed by atoms with E-state index in [9.17, 15) is 9.59 Å². The van der Waals surface area contributed by atoms with Gasteiger partial charge in [0.25, 0.3) is 5.91 Å². The van der Waals surface area contributed by atoms with Crippen LogP contribution in [0.2, 0.25) is 0 Å². The van der Waals surface area contributed by atoms with E-state index in [0.717, 1.165) is 51.3 Å². The zero-order valence-corrected chi connectivity index (χ0v) is 19.7. The fourth-order valence-electron chi connectivity index (χ4n) is 4.85. The van der Waals surface area contributed by atoms with Crippen LogP contribution in [0.25, 0.3) is 0 Å². The summed E-state index contributed by atoms with van der Waals surface area (Å²) in [7, 11) is 0. The molecule has 2 aliphatic heterocycles. The highest BCUT2D eigenvalue weighted by Crippen LogP contribution is 2.30. The monoisotopic (exact) mass is 452 g/mol. The van der Waals surface area contributed by atoms with Crippen molar-refractivity contribution >= 4 is 17.5 Å². The molecule has 0 unspecified atom stereocenters. The number of hydrogen-bond acceptors (Lipinski definition) is 5. The predicted molar refractivity (Wildman–Crippen MR) is 129 cm³/mol. The molecular formula is C25H36N6O2. The van der Waals surface area contributed by atoms with E-state index in [1.807, 2.05) is 23.1 Å². The summed E-state index contributed by atoms with van der Waals surface area (Å²) in [4.78, 5) is 37.1. The van der Waals surface area contributed by atoms with Gasteiger partial charge in [0.1, 0.15) is 6.04 Å². The number of nitrogens with zero attached hydrogens (tertiary/aromatic N) is 5. The standard InChI is InChI=1S/C25H36N6O2/c1-2-11-28-15-17-29(18-16-28)12-5-9-27-24(32)19-23(30-14-10-26-20-30)25(33)31-13-8-21-6-3-4-7-22(21)31/h3-4,6-7,10,14,20,23H,2,5,8-9,11-13,15-19H2,1H3,(H,27,32)/t23-/m1/s1. The largest absolute Gasteiger partial charge is 0.356 e. The third-order valence-corrected chi connectivity index (χ3v) is 6.68. The van der Waals surface area contributed by atoms with Gasteiger partial charge in [0.2, 0.25) is 5.91 Å². The zero-order valence-electron chi connectivity index (χ0n) is 19.7. The highest BCUT2D eigenvalue weighted by atomic mass is 16.2. The predicted octanol–water partition coefficient (Wildman–Crippen LogP) is 1.94. The number of hydrogen-bond donors (Lipinski definition) is 1. The molecule has 0 spiro atoms. The van der Waals surface area contributed by atoms with Gasteiger partial charge in [-0.25, -0.2) is 4.98 Å². The molecule has 8 nitrogen and oxygen atoms in total. The first-order valence-electron chi connectivity index (χ1n) is 12.2. The maximum Gasteiger partial charge on any atom is 0.250 e. The Hall–Kier alpha value is -2.71. The number of benzene rings is 1. The van der Waals surface area contributed by atoms with E-state index in [4.69, 9.17) is 0 Å². The Morgan fingerprint density at radius 1 is 1.06 bits per heavy atom. The normalized spacial score (nSPS) is 17.7. The second kappa shape index (κ2) is 11.4. The van der Waals surface area contributed by atoms with Crippen molar-refractivity contribution in [3.63, 3.8) is 0 Å². The Morgan fingerprint density at radius 3 is 2.55 bits per heavy atom. The summed E-state index contributed by atoms with van der Waals surface area (Å²) in [6, 6.07) is 7.40. The van der Waals surface area contributed by atoms with Gasteiger partial charge in [0, 0.05) is 57.3 Å². The minimum Gasteiger partial charge on any atom is -0.356 e. The Bertz CT molecular complexity index is 907. The number of fused-ring (bicyclic) bond motifs is 1. The van der Waals surface area contributed by atoms with Gasteiger partial charge in [0.15, 0.2) is 0 Å². The molecule has 1 fully saturated rings. The number of nitrogens with one attached hydrogen (secondary N) is 1. The van der Waals surface area contributed by atoms with Gasteiger partial charge >= 0.3 is 0 Å². The Balaban J connectivity index is 1.26.